The van der Waals surface area contributed by atoms with Gasteiger partial charge in [0.05, 0.1) is 6.54 Å². The van der Waals surface area contributed by atoms with Gasteiger partial charge in [0.25, 0.3) is 0 Å². The molecule has 0 aliphatic heterocycles. The fourth-order valence-electron chi connectivity index (χ4n) is 2.85. The van der Waals surface area contributed by atoms with E-state index in [1.54, 1.807) is 11.3 Å². The van der Waals surface area contributed by atoms with Gasteiger partial charge in [-0.2, -0.15) is 13.2 Å². The number of halogens is 3. The largest absolute Gasteiger partial charge is 0.490 e. The van der Waals surface area contributed by atoms with Crippen molar-refractivity contribution in [3.05, 3.63) is 22.4 Å². The Morgan fingerprint density at radius 2 is 1.90 bits per heavy atom. The minimum Gasteiger partial charge on any atom is -0.480 e. The molecule has 2 rings (SSSR count). The second-order valence-electron chi connectivity index (χ2n) is 6.58. The number of carbonyl (C=O) groups excluding carboxylic acids is 1. The van der Waals surface area contributed by atoms with Crippen LogP contribution in [0.5, 0.6) is 0 Å². The zero-order valence-corrected chi connectivity index (χ0v) is 16.8. The van der Waals surface area contributed by atoms with Crippen LogP contribution in [0.15, 0.2) is 17.5 Å². The fourth-order valence-corrected chi connectivity index (χ4v) is 3.61. The predicted molar refractivity (Wildman–Crippen MR) is 101 cm³/mol. The number of carboxylic acids is 2. The summed E-state index contributed by atoms with van der Waals surface area (Å²) in [5.41, 5.74) is 0. The Kier molecular flexibility index (Phi) is 10.1. The van der Waals surface area contributed by atoms with Crippen LogP contribution in [0.25, 0.3) is 0 Å². The smallest absolute Gasteiger partial charge is 0.480 e. The fraction of sp³-hybridized carbons (Fsp3) is 0.611. The van der Waals surface area contributed by atoms with Crippen LogP contribution in [0.3, 0.4) is 0 Å². The van der Waals surface area contributed by atoms with E-state index in [9.17, 15) is 22.8 Å². The number of hydrogen-bond donors (Lipinski definition) is 3. The molecule has 0 saturated heterocycles. The molecule has 0 radical (unpaired) electrons. The molecule has 0 atom stereocenters. The Morgan fingerprint density at radius 3 is 2.34 bits per heavy atom. The maximum Gasteiger partial charge on any atom is 0.490 e. The van der Waals surface area contributed by atoms with Gasteiger partial charge in [-0.1, -0.05) is 13.0 Å². The van der Waals surface area contributed by atoms with Crippen LogP contribution in [0, 0.1) is 0 Å². The number of amides is 1. The first-order chi connectivity index (χ1) is 13.5. The summed E-state index contributed by atoms with van der Waals surface area (Å²) in [5, 5.41) is 21.1. The monoisotopic (exact) mass is 438 g/mol. The van der Waals surface area contributed by atoms with E-state index < -0.39 is 18.1 Å². The molecular weight excluding hydrogens is 413 g/mol. The number of carbonyl (C=O) groups is 3. The summed E-state index contributed by atoms with van der Waals surface area (Å²) in [7, 11) is 0. The molecule has 1 aromatic rings. The van der Waals surface area contributed by atoms with E-state index in [-0.39, 0.29) is 24.5 Å². The maximum absolute atomic E-state index is 11.9. The molecule has 1 amide bonds. The van der Waals surface area contributed by atoms with Crippen molar-refractivity contribution in [2.24, 2.45) is 0 Å². The van der Waals surface area contributed by atoms with Gasteiger partial charge in [-0.05, 0) is 43.7 Å². The van der Waals surface area contributed by atoms with Crippen molar-refractivity contribution < 1.29 is 37.8 Å². The number of thiophene rings is 1. The van der Waals surface area contributed by atoms with Gasteiger partial charge < -0.3 is 15.5 Å². The number of aliphatic carboxylic acids is 2. The molecule has 1 aromatic heterocycles. The molecule has 7 nitrogen and oxygen atoms in total. The van der Waals surface area contributed by atoms with Gasteiger partial charge in [0.2, 0.25) is 5.91 Å². The molecule has 1 aliphatic carbocycles. The summed E-state index contributed by atoms with van der Waals surface area (Å²) in [5.74, 6) is -3.43. The molecule has 0 aromatic carbocycles. The minimum absolute atomic E-state index is 0.0860. The number of carboxylic acid groups (broad SMARTS) is 2. The lowest BCUT2D eigenvalue weighted by Gasteiger charge is -2.42. The third kappa shape index (κ3) is 9.75. The highest BCUT2D eigenvalue weighted by molar-refractivity contribution is 7.09. The number of rotatable bonds is 9. The molecule has 1 saturated carbocycles. The number of likely N-dealkylation sites (N-methyl/N-ethyl adjacent to an activating group) is 1. The van der Waals surface area contributed by atoms with Crippen molar-refractivity contribution in [2.75, 3.05) is 13.1 Å². The van der Waals surface area contributed by atoms with Gasteiger partial charge in [0, 0.05) is 23.4 Å². The van der Waals surface area contributed by atoms with Crippen LogP contribution in [0.2, 0.25) is 0 Å². The Morgan fingerprint density at radius 1 is 1.28 bits per heavy atom. The molecule has 1 heterocycles. The van der Waals surface area contributed by atoms with Gasteiger partial charge in [-0.3, -0.25) is 14.5 Å². The Hall–Kier alpha value is -2.14. The quantitative estimate of drug-likeness (QED) is 0.547. The van der Waals surface area contributed by atoms with Crippen LogP contribution >= 0.6 is 11.3 Å². The molecule has 0 unspecified atom stereocenters. The molecule has 1 aliphatic rings. The number of alkyl halides is 3. The van der Waals surface area contributed by atoms with Crippen molar-refractivity contribution >= 4 is 29.2 Å². The van der Waals surface area contributed by atoms with E-state index in [2.05, 4.69) is 16.8 Å². The molecule has 1 fully saturated rings. The summed E-state index contributed by atoms with van der Waals surface area (Å²) >= 11 is 1.73. The highest BCUT2D eigenvalue weighted by Gasteiger charge is 2.38. The Bertz CT molecular complexity index is 661. The predicted octanol–water partition coefficient (Wildman–Crippen LogP) is 2.76. The molecule has 3 N–H and O–H groups in total. The average Bonchev–Trinajstić information content (AvgIpc) is 3.09. The van der Waals surface area contributed by atoms with E-state index in [0.29, 0.717) is 6.42 Å². The maximum atomic E-state index is 11.9. The lowest BCUT2D eigenvalue weighted by molar-refractivity contribution is -0.192. The van der Waals surface area contributed by atoms with E-state index in [0.717, 1.165) is 32.2 Å². The van der Waals surface area contributed by atoms with Crippen molar-refractivity contribution in [1.82, 2.24) is 10.2 Å². The van der Waals surface area contributed by atoms with Crippen LogP contribution < -0.4 is 5.32 Å². The lowest BCUT2D eigenvalue weighted by atomic mass is 9.85. The van der Waals surface area contributed by atoms with E-state index in [4.69, 9.17) is 15.0 Å². The molecule has 0 spiro atoms. The first-order valence-electron chi connectivity index (χ1n) is 9.10. The van der Waals surface area contributed by atoms with E-state index >= 15 is 0 Å². The summed E-state index contributed by atoms with van der Waals surface area (Å²) in [4.78, 5) is 34.8. The third-order valence-corrected chi connectivity index (χ3v) is 5.33. The number of hydrogen-bond acceptors (Lipinski definition) is 5. The topological polar surface area (TPSA) is 107 Å². The molecular formula is C18H25F3N2O5S. The second-order valence-corrected chi connectivity index (χ2v) is 7.61. The normalized spacial score (nSPS) is 18.4. The SMILES string of the molecule is CCN(CC(=O)O)C1CC(NC(=O)CCCc2cccs2)C1.O=C(O)C(F)(F)F. The zero-order chi connectivity index (χ0) is 22.0. The standard InChI is InChI=1S/C16H24N2O3S.C2HF3O2/c1-2-18(11-16(20)21)13-9-12(10-13)17-15(19)7-3-5-14-6-4-8-22-14;3-2(4,5)1(6)7/h4,6,8,12-13H,2-3,5,7,9-11H2,1H3,(H,17,19)(H,20,21);(H,6,7). The summed E-state index contributed by atoms with van der Waals surface area (Å²) in [6, 6.07) is 4.63. The van der Waals surface area contributed by atoms with Gasteiger partial charge in [-0.25, -0.2) is 4.79 Å². The first-order valence-corrected chi connectivity index (χ1v) is 9.98. The zero-order valence-electron chi connectivity index (χ0n) is 15.9. The highest BCUT2D eigenvalue weighted by atomic mass is 32.1. The van der Waals surface area contributed by atoms with Crippen molar-refractivity contribution in [3.63, 3.8) is 0 Å². The molecule has 11 heteroatoms. The minimum atomic E-state index is -5.08. The average molecular weight is 438 g/mol. The van der Waals surface area contributed by atoms with Crippen molar-refractivity contribution in [1.29, 1.82) is 0 Å². The van der Waals surface area contributed by atoms with Gasteiger partial charge in [-0.15, -0.1) is 11.3 Å². The van der Waals surface area contributed by atoms with Gasteiger partial charge in [0.15, 0.2) is 0 Å². The van der Waals surface area contributed by atoms with Crippen LogP contribution in [0.1, 0.15) is 37.5 Å². The summed E-state index contributed by atoms with van der Waals surface area (Å²) in [6.45, 7) is 2.79. The van der Waals surface area contributed by atoms with Crippen LogP contribution in [0.4, 0.5) is 13.2 Å². The Labute approximate surface area is 170 Å². The number of aryl methyl sites for hydroxylation is 1. The third-order valence-electron chi connectivity index (χ3n) is 4.39. The van der Waals surface area contributed by atoms with Gasteiger partial charge in [0.1, 0.15) is 0 Å². The summed E-state index contributed by atoms with van der Waals surface area (Å²) < 4.78 is 31.7. The van der Waals surface area contributed by atoms with Crippen LogP contribution in [-0.2, 0) is 20.8 Å². The first kappa shape index (κ1) is 24.9. The highest BCUT2D eigenvalue weighted by Crippen LogP contribution is 2.25. The van der Waals surface area contributed by atoms with Crippen molar-refractivity contribution in [2.45, 2.75) is 57.3 Å². The van der Waals surface area contributed by atoms with E-state index in [1.807, 2.05) is 17.9 Å². The van der Waals surface area contributed by atoms with E-state index in [1.165, 1.54) is 4.88 Å². The summed E-state index contributed by atoms with van der Waals surface area (Å²) in [6.07, 6.45) is -0.968. The van der Waals surface area contributed by atoms with Crippen LogP contribution in [-0.4, -0.2) is 64.3 Å². The Balaban J connectivity index is 0.000000516. The lowest BCUT2D eigenvalue weighted by Crippen LogP contribution is -2.54. The molecule has 29 heavy (non-hydrogen) atoms. The van der Waals surface area contributed by atoms with Crippen molar-refractivity contribution in [3.8, 4) is 0 Å². The number of nitrogens with one attached hydrogen (secondary N) is 1. The van der Waals surface area contributed by atoms with Gasteiger partial charge >= 0.3 is 18.1 Å². The second kappa shape index (κ2) is 11.8. The molecule has 0 bridgehead atoms. The molecule has 164 valence electrons. The number of nitrogens with zero attached hydrogens (tertiary/aromatic N) is 1.